The largest absolute Gasteiger partial charge is 0.456 e. The van der Waals surface area contributed by atoms with Crippen molar-refractivity contribution in [3.63, 3.8) is 0 Å². The van der Waals surface area contributed by atoms with Crippen molar-refractivity contribution in [2.75, 3.05) is 0 Å². The first-order chi connectivity index (χ1) is 15.6. The molecule has 0 amide bonds. The van der Waals surface area contributed by atoms with Crippen LogP contribution in [0.3, 0.4) is 0 Å². The van der Waals surface area contributed by atoms with Crippen molar-refractivity contribution in [1.29, 1.82) is 0 Å². The molecule has 0 unspecified atom stereocenters. The van der Waals surface area contributed by atoms with E-state index < -0.39 is 0 Å². The highest BCUT2D eigenvalue weighted by atomic mass is 16.5. The molecule has 0 saturated heterocycles. The Kier molecular flexibility index (Phi) is 4.12. The van der Waals surface area contributed by atoms with Gasteiger partial charge in [0.2, 0.25) is 0 Å². The predicted molar refractivity (Wildman–Crippen MR) is 129 cm³/mol. The van der Waals surface area contributed by atoms with Gasteiger partial charge in [-0.2, -0.15) is 0 Å². The van der Waals surface area contributed by atoms with Crippen LogP contribution in [-0.4, -0.2) is 9.97 Å². The maximum atomic E-state index is 6.53. The molecule has 0 radical (unpaired) electrons. The first-order valence-corrected chi connectivity index (χ1v) is 10.9. The fourth-order valence-corrected chi connectivity index (χ4v) is 4.65. The minimum atomic E-state index is -0.175. The lowest BCUT2D eigenvalue weighted by Crippen LogP contribution is -2.24. The third-order valence-corrected chi connectivity index (χ3v) is 6.35. The van der Waals surface area contributed by atoms with E-state index in [4.69, 9.17) is 14.7 Å². The molecule has 0 saturated carbocycles. The summed E-state index contributed by atoms with van der Waals surface area (Å²) in [6.07, 6.45) is 0. The normalized spacial score (nSPS) is 13.8. The zero-order valence-electron chi connectivity index (χ0n) is 18.0. The Morgan fingerprint density at radius 3 is 2.25 bits per heavy atom. The highest BCUT2D eigenvalue weighted by Crippen LogP contribution is 2.51. The van der Waals surface area contributed by atoms with E-state index in [9.17, 15) is 0 Å². The third kappa shape index (κ3) is 2.82. The summed E-state index contributed by atoms with van der Waals surface area (Å²) >= 11 is 0. The zero-order valence-corrected chi connectivity index (χ0v) is 18.0. The van der Waals surface area contributed by atoms with Crippen molar-refractivity contribution >= 4 is 10.9 Å². The molecular formula is C29H22N2O. The Labute approximate surface area is 187 Å². The van der Waals surface area contributed by atoms with Crippen molar-refractivity contribution in [2.24, 2.45) is 0 Å². The van der Waals surface area contributed by atoms with Gasteiger partial charge in [0, 0.05) is 33.1 Å². The van der Waals surface area contributed by atoms with Crippen LogP contribution < -0.4 is 4.74 Å². The molecule has 3 nitrogen and oxygen atoms in total. The summed E-state index contributed by atoms with van der Waals surface area (Å²) in [7, 11) is 0. The van der Waals surface area contributed by atoms with Crippen molar-refractivity contribution in [2.45, 2.75) is 19.3 Å². The fraction of sp³-hybridized carbons (Fsp3) is 0.103. The molecule has 0 bridgehead atoms. The molecule has 32 heavy (non-hydrogen) atoms. The molecule has 0 fully saturated rings. The summed E-state index contributed by atoms with van der Waals surface area (Å²) in [5, 5.41) is 1.01. The lowest BCUT2D eigenvalue weighted by molar-refractivity contribution is 0.419. The monoisotopic (exact) mass is 414 g/mol. The first-order valence-electron chi connectivity index (χ1n) is 10.9. The highest BCUT2D eigenvalue weighted by Gasteiger charge is 2.35. The van der Waals surface area contributed by atoms with Crippen LogP contribution in [0.5, 0.6) is 11.5 Å². The van der Waals surface area contributed by atoms with Gasteiger partial charge in [0.25, 0.3) is 0 Å². The molecule has 1 aromatic heterocycles. The van der Waals surface area contributed by atoms with Crippen molar-refractivity contribution < 1.29 is 4.74 Å². The van der Waals surface area contributed by atoms with Crippen molar-refractivity contribution in [3.8, 4) is 34.1 Å². The van der Waals surface area contributed by atoms with Gasteiger partial charge in [0.1, 0.15) is 11.5 Å². The summed E-state index contributed by atoms with van der Waals surface area (Å²) < 4.78 is 6.53. The van der Waals surface area contributed by atoms with Gasteiger partial charge < -0.3 is 4.74 Å². The van der Waals surface area contributed by atoms with Crippen LogP contribution in [0.15, 0.2) is 97.1 Å². The summed E-state index contributed by atoms with van der Waals surface area (Å²) in [6.45, 7) is 4.51. The molecule has 2 heterocycles. The average Bonchev–Trinajstić information content (AvgIpc) is 2.84. The summed E-state index contributed by atoms with van der Waals surface area (Å²) in [5.74, 6) is 2.49. The van der Waals surface area contributed by atoms with E-state index in [0.29, 0.717) is 5.82 Å². The molecule has 0 aliphatic carbocycles. The Hall–Kier alpha value is -3.98. The van der Waals surface area contributed by atoms with E-state index >= 15 is 0 Å². The maximum Gasteiger partial charge on any atom is 0.160 e. The first kappa shape index (κ1) is 18.8. The van der Waals surface area contributed by atoms with Crippen molar-refractivity contribution in [1.82, 2.24) is 9.97 Å². The minimum Gasteiger partial charge on any atom is -0.456 e. The van der Waals surface area contributed by atoms with E-state index in [0.717, 1.165) is 44.8 Å². The van der Waals surface area contributed by atoms with Crippen LogP contribution in [-0.2, 0) is 5.41 Å². The van der Waals surface area contributed by atoms with Gasteiger partial charge >= 0.3 is 0 Å². The Bertz CT molecular complexity index is 1470. The van der Waals surface area contributed by atoms with Gasteiger partial charge in [0.05, 0.1) is 11.2 Å². The molecular weight excluding hydrogens is 392 g/mol. The molecule has 6 rings (SSSR count). The lowest BCUT2D eigenvalue weighted by atomic mass is 9.75. The molecule has 0 N–H and O–H groups in total. The van der Waals surface area contributed by atoms with Crippen LogP contribution in [0.4, 0.5) is 0 Å². The molecule has 1 aliphatic rings. The second kappa shape index (κ2) is 7.03. The number of hydrogen-bond donors (Lipinski definition) is 0. The number of hydrogen-bond acceptors (Lipinski definition) is 3. The molecule has 154 valence electrons. The molecule has 0 atom stereocenters. The third-order valence-electron chi connectivity index (χ3n) is 6.35. The summed E-state index contributed by atoms with van der Waals surface area (Å²) in [5.41, 5.74) is 5.98. The number of rotatable bonds is 2. The topological polar surface area (TPSA) is 35.0 Å². The lowest BCUT2D eigenvalue weighted by Gasteiger charge is -2.35. The second-order valence-electron chi connectivity index (χ2n) is 8.68. The number of fused-ring (bicyclic) bond motifs is 3. The molecule has 3 heteroatoms. The van der Waals surface area contributed by atoms with Crippen LogP contribution in [0.1, 0.15) is 25.0 Å². The van der Waals surface area contributed by atoms with Gasteiger partial charge in [-0.3, -0.25) is 0 Å². The number of ether oxygens (including phenoxy) is 1. The van der Waals surface area contributed by atoms with Gasteiger partial charge in [-0.1, -0.05) is 92.7 Å². The summed E-state index contributed by atoms with van der Waals surface area (Å²) in [4.78, 5) is 9.92. The number of benzene rings is 4. The number of para-hydroxylation sites is 3. The Balaban J connectivity index is 1.64. The van der Waals surface area contributed by atoms with E-state index in [2.05, 4.69) is 50.2 Å². The van der Waals surface area contributed by atoms with Gasteiger partial charge in [-0.25, -0.2) is 9.97 Å². The minimum absolute atomic E-state index is 0.175. The van der Waals surface area contributed by atoms with E-state index in [-0.39, 0.29) is 5.41 Å². The van der Waals surface area contributed by atoms with E-state index in [1.54, 1.807) is 0 Å². The molecule has 1 aliphatic heterocycles. The smallest absolute Gasteiger partial charge is 0.160 e. The predicted octanol–water partition coefficient (Wildman–Crippen LogP) is 7.40. The van der Waals surface area contributed by atoms with Crippen LogP contribution in [0.25, 0.3) is 33.5 Å². The average molecular weight is 415 g/mol. The standard InChI is InChI=1S/C29H22N2O/c1-29(2)22-15-7-9-18-25(22)32-27-21(14-10-16-23(27)29)26-20-13-6-8-17-24(20)30-28(31-26)19-11-4-3-5-12-19/h3-18H,1-2H3. The van der Waals surface area contributed by atoms with Gasteiger partial charge in [-0.05, 0) is 18.2 Å². The van der Waals surface area contributed by atoms with Crippen LogP contribution >= 0.6 is 0 Å². The van der Waals surface area contributed by atoms with Gasteiger partial charge in [0.15, 0.2) is 5.82 Å². The van der Waals surface area contributed by atoms with E-state index in [1.807, 2.05) is 60.7 Å². The highest BCUT2D eigenvalue weighted by molar-refractivity contribution is 5.95. The molecule has 4 aromatic carbocycles. The summed E-state index contributed by atoms with van der Waals surface area (Å²) in [6, 6.07) is 33.0. The zero-order chi connectivity index (χ0) is 21.7. The maximum absolute atomic E-state index is 6.53. The fourth-order valence-electron chi connectivity index (χ4n) is 4.65. The Morgan fingerprint density at radius 2 is 1.38 bits per heavy atom. The number of nitrogens with zero attached hydrogens (tertiary/aromatic N) is 2. The Morgan fingerprint density at radius 1 is 0.656 bits per heavy atom. The molecule has 0 spiro atoms. The quantitative estimate of drug-likeness (QED) is 0.302. The molecule has 5 aromatic rings. The number of aromatic nitrogens is 2. The van der Waals surface area contributed by atoms with Gasteiger partial charge in [-0.15, -0.1) is 0 Å². The van der Waals surface area contributed by atoms with Crippen molar-refractivity contribution in [3.05, 3.63) is 108 Å². The van der Waals surface area contributed by atoms with Crippen LogP contribution in [0.2, 0.25) is 0 Å². The van der Waals surface area contributed by atoms with Crippen LogP contribution in [0, 0.1) is 0 Å². The van der Waals surface area contributed by atoms with E-state index in [1.165, 1.54) is 5.56 Å². The SMILES string of the molecule is CC1(C)c2ccccc2Oc2c(-c3nc(-c4ccccc4)nc4ccccc34)cccc21. The second-order valence-corrected chi connectivity index (χ2v) is 8.68.